The Labute approximate surface area is 158 Å². The maximum absolute atomic E-state index is 12.4. The number of benzene rings is 2. The molecule has 0 heterocycles. The van der Waals surface area contributed by atoms with Crippen molar-refractivity contribution < 1.29 is 19.1 Å². The highest BCUT2D eigenvalue weighted by Gasteiger charge is 2.48. The number of nitrogens with one attached hydrogen (secondary N) is 2. The van der Waals surface area contributed by atoms with Gasteiger partial charge >= 0.3 is 0 Å². The molecule has 1 aliphatic carbocycles. The van der Waals surface area contributed by atoms with E-state index in [9.17, 15) is 9.59 Å². The minimum atomic E-state index is -0.285. The lowest BCUT2D eigenvalue weighted by atomic mass is 10.1. The van der Waals surface area contributed by atoms with E-state index in [-0.39, 0.29) is 23.7 Å². The molecule has 0 spiro atoms. The molecule has 6 nitrogen and oxygen atoms in total. The molecule has 2 atom stereocenters. The molecular weight excluding hydrogens is 344 g/mol. The van der Waals surface area contributed by atoms with E-state index in [1.807, 2.05) is 36.4 Å². The third-order valence-electron chi connectivity index (χ3n) is 4.68. The van der Waals surface area contributed by atoms with Crippen molar-refractivity contribution in [2.75, 3.05) is 26.1 Å². The van der Waals surface area contributed by atoms with Crippen LogP contribution in [0.1, 0.15) is 12.0 Å². The number of hydrogen-bond acceptors (Lipinski definition) is 4. The lowest BCUT2D eigenvalue weighted by molar-refractivity contribution is -0.125. The first kappa shape index (κ1) is 18.8. The lowest BCUT2D eigenvalue weighted by Gasteiger charge is -2.10. The third-order valence-corrected chi connectivity index (χ3v) is 4.68. The molecule has 27 heavy (non-hydrogen) atoms. The Morgan fingerprint density at radius 3 is 2.56 bits per heavy atom. The normalized spacial score (nSPS) is 17.7. The summed E-state index contributed by atoms with van der Waals surface area (Å²) >= 11 is 0. The van der Waals surface area contributed by atoms with Crippen LogP contribution in [0.4, 0.5) is 5.69 Å². The second kappa shape index (κ2) is 8.58. The summed E-state index contributed by atoms with van der Waals surface area (Å²) in [6, 6.07) is 15.0. The molecule has 1 fully saturated rings. The van der Waals surface area contributed by atoms with Gasteiger partial charge in [0.25, 0.3) is 0 Å². The van der Waals surface area contributed by atoms with E-state index in [1.54, 1.807) is 26.4 Å². The van der Waals surface area contributed by atoms with Crippen LogP contribution in [-0.2, 0) is 16.0 Å². The van der Waals surface area contributed by atoms with Gasteiger partial charge in [-0.1, -0.05) is 24.3 Å². The first-order chi connectivity index (χ1) is 13.1. The predicted octanol–water partition coefficient (Wildman–Crippen LogP) is 2.64. The van der Waals surface area contributed by atoms with Crippen LogP contribution in [-0.4, -0.2) is 32.6 Å². The number of carbonyl (C=O) groups excluding carboxylic acids is 2. The molecule has 0 aliphatic heterocycles. The standard InChI is InChI=1S/C21H24N2O4/c1-26-15-7-5-6-14(12-15)10-11-22-20(24)16-13-17(16)21(25)23-18-8-3-4-9-19(18)27-2/h3-9,12,16-17H,10-11,13H2,1-2H3,(H,22,24)(H,23,25). The van der Waals surface area contributed by atoms with E-state index in [0.29, 0.717) is 30.8 Å². The van der Waals surface area contributed by atoms with Crippen molar-refractivity contribution in [1.29, 1.82) is 0 Å². The van der Waals surface area contributed by atoms with Crippen LogP contribution < -0.4 is 20.1 Å². The van der Waals surface area contributed by atoms with Gasteiger partial charge in [-0.05, 0) is 42.7 Å². The molecule has 2 N–H and O–H groups in total. The van der Waals surface area contributed by atoms with Crippen LogP contribution in [0.2, 0.25) is 0 Å². The fraction of sp³-hybridized carbons (Fsp3) is 0.333. The summed E-state index contributed by atoms with van der Waals surface area (Å²) in [5, 5.41) is 5.76. The van der Waals surface area contributed by atoms with Crippen LogP contribution in [0.15, 0.2) is 48.5 Å². The van der Waals surface area contributed by atoms with Gasteiger partial charge in [0.15, 0.2) is 0 Å². The largest absolute Gasteiger partial charge is 0.497 e. The molecule has 2 aromatic rings. The molecule has 0 aromatic heterocycles. The number of ether oxygens (including phenoxy) is 2. The van der Waals surface area contributed by atoms with E-state index < -0.39 is 0 Å². The molecule has 0 bridgehead atoms. The molecule has 142 valence electrons. The van der Waals surface area contributed by atoms with Crippen LogP contribution in [0.3, 0.4) is 0 Å². The van der Waals surface area contributed by atoms with Crippen molar-refractivity contribution in [3.8, 4) is 11.5 Å². The molecule has 2 aromatic carbocycles. The average molecular weight is 368 g/mol. The smallest absolute Gasteiger partial charge is 0.228 e. The van der Waals surface area contributed by atoms with Gasteiger partial charge in [-0.2, -0.15) is 0 Å². The summed E-state index contributed by atoms with van der Waals surface area (Å²) in [6.45, 7) is 0.531. The zero-order chi connectivity index (χ0) is 19.2. The Hall–Kier alpha value is -3.02. The molecule has 3 rings (SSSR count). The van der Waals surface area contributed by atoms with E-state index >= 15 is 0 Å². The molecule has 6 heteroatoms. The molecule has 2 amide bonds. The van der Waals surface area contributed by atoms with Gasteiger partial charge in [-0.15, -0.1) is 0 Å². The van der Waals surface area contributed by atoms with E-state index in [4.69, 9.17) is 9.47 Å². The van der Waals surface area contributed by atoms with E-state index in [2.05, 4.69) is 10.6 Å². The Morgan fingerprint density at radius 2 is 1.78 bits per heavy atom. The average Bonchev–Trinajstić information content (AvgIpc) is 3.49. The Balaban J connectivity index is 1.45. The molecule has 0 radical (unpaired) electrons. The maximum Gasteiger partial charge on any atom is 0.228 e. The zero-order valence-corrected chi connectivity index (χ0v) is 15.5. The number of hydrogen-bond donors (Lipinski definition) is 2. The highest BCUT2D eigenvalue weighted by atomic mass is 16.5. The van der Waals surface area contributed by atoms with Crippen molar-refractivity contribution in [3.05, 3.63) is 54.1 Å². The second-order valence-corrected chi connectivity index (χ2v) is 6.53. The number of methoxy groups -OCH3 is 2. The zero-order valence-electron chi connectivity index (χ0n) is 15.5. The van der Waals surface area contributed by atoms with Crippen LogP contribution in [0.5, 0.6) is 11.5 Å². The van der Waals surface area contributed by atoms with Gasteiger partial charge in [0.1, 0.15) is 11.5 Å². The monoisotopic (exact) mass is 368 g/mol. The number of rotatable bonds is 8. The highest BCUT2D eigenvalue weighted by molar-refractivity contribution is 6.00. The molecular formula is C21H24N2O4. The van der Waals surface area contributed by atoms with Gasteiger partial charge in [0.05, 0.1) is 31.7 Å². The number of amides is 2. The number of anilines is 1. The maximum atomic E-state index is 12.4. The first-order valence-electron chi connectivity index (χ1n) is 8.97. The summed E-state index contributed by atoms with van der Waals surface area (Å²) in [5.41, 5.74) is 1.71. The highest BCUT2D eigenvalue weighted by Crippen LogP contribution is 2.40. The van der Waals surface area contributed by atoms with Crippen molar-refractivity contribution in [2.45, 2.75) is 12.8 Å². The van der Waals surface area contributed by atoms with Crippen molar-refractivity contribution in [3.63, 3.8) is 0 Å². The minimum absolute atomic E-state index is 0.0712. The minimum Gasteiger partial charge on any atom is -0.497 e. The van der Waals surface area contributed by atoms with Crippen LogP contribution in [0, 0.1) is 11.8 Å². The van der Waals surface area contributed by atoms with E-state index in [1.165, 1.54) is 0 Å². The third kappa shape index (κ3) is 4.78. The van der Waals surface area contributed by atoms with Crippen LogP contribution in [0.25, 0.3) is 0 Å². The van der Waals surface area contributed by atoms with Gasteiger partial charge in [0.2, 0.25) is 11.8 Å². The fourth-order valence-electron chi connectivity index (χ4n) is 3.04. The number of para-hydroxylation sites is 2. The summed E-state index contributed by atoms with van der Waals surface area (Å²) in [4.78, 5) is 24.6. The fourth-order valence-corrected chi connectivity index (χ4v) is 3.04. The van der Waals surface area contributed by atoms with Crippen molar-refractivity contribution in [2.24, 2.45) is 11.8 Å². The Bertz CT molecular complexity index is 821. The summed E-state index contributed by atoms with van der Waals surface area (Å²) < 4.78 is 10.4. The predicted molar refractivity (Wildman–Crippen MR) is 103 cm³/mol. The van der Waals surface area contributed by atoms with Crippen molar-refractivity contribution >= 4 is 17.5 Å². The SMILES string of the molecule is COc1cccc(CCNC(=O)C2CC2C(=O)Nc2ccccc2OC)c1. The second-order valence-electron chi connectivity index (χ2n) is 6.53. The Morgan fingerprint density at radius 1 is 1.00 bits per heavy atom. The Kier molecular flexibility index (Phi) is 5.96. The van der Waals surface area contributed by atoms with E-state index in [0.717, 1.165) is 11.3 Å². The van der Waals surface area contributed by atoms with Gasteiger partial charge in [0, 0.05) is 6.54 Å². The lowest BCUT2D eigenvalue weighted by Crippen LogP contribution is -2.29. The summed E-state index contributed by atoms with van der Waals surface area (Å²) in [7, 11) is 3.19. The molecule has 0 saturated heterocycles. The molecule has 1 aliphatic rings. The van der Waals surface area contributed by atoms with Crippen LogP contribution >= 0.6 is 0 Å². The van der Waals surface area contributed by atoms with Gasteiger partial charge in [-0.3, -0.25) is 9.59 Å². The topological polar surface area (TPSA) is 76.7 Å². The number of carbonyl (C=O) groups is 2. The first-order valence-corrected chi connectivity index (χ1v) is 8.97. The van der Waals surface area contributed by atoms with Crippen molar-refractivity contribution in [1.82, 2.24) is 5.32 Å². The van der Waals surface area contributed by atoms with Gasteiger partial charge < -0.3 is 20.1 Å². The quantitative estimate of drug-likeness (QED) is 0.751. The molecule has 1 saturated carbocycles. The van der Waals surface area contributed by atoms with Gasteiger partial charge in [-0.25, -0.2) is 0 Å². The molecule has 2 unspecified atom stereocenters. The summed E-state index contributed by atoms with van der Waals surface area (Å²) in [6.07, 6.45) is 1.29. The summed E-state index contributed by atoms with van der Waals surface area (Å²) in [5.74, 6) is 0.641.